The third-order valence-corrected chi connectivity index (χ3v) is 3.52. The number of nitrogens with two attached hydrogens (primary N) is 1. The first kappa shape index (κ1) is 13.5. The quantitative estimate of drug-likeness (QED) is 0.860. The van der Waals surface area contributed by atoms with Crippen molar-refractivity contribution in [1.82, 2.24) is 15.0 Å². The maximum atomic E-state index is 5.99. The molecule has 0 saturated carbocycles. The van der Waals surface area contributed by atoms with Gasteiger partial charge in [0.1, 0.15) is 6.10 Å². The number of morpholine rings is 1. The summed E-state index contributed by atoms with van der Waals surface area (Å²) < 4.78 is 11.0. The van der Waals surface area contributed by atoms with Crippen molar-refractivity contribution in [2.24, 2.45) is 5.73 Å². The second-order valence-corrected chi connectivity index (χ2v) is 4.97. The van der Waals surface area contributed by atoms with Crippen molar-refractivity contribution >= 4 is 0 Å². The van der Waals surface area contributed by atoms with E-state index >= 15 is 0 Å². The Morgan fingerprint density at radius 1 is 1.56 bits per heavy atom. The van der Waals surface area contributed by atoms with Crippen LogP contribution in [0.1, 0.15) is 44.0 Å². The van der Waals surface area contributed by atoms with E-state index in [2.05, 4.69) is 29.0 Å². The van der Waals surface area contributed by atoms with E-state index < -0.39 is 0 Å². The number of ether oxygens (including phenoxy) is 1. The summed E-state index contributed by atoms with van der Waals surface area (Å²) in [5, 5.41) is 4.02. The minimum Gasteiger partial charge on any atom is -0.367 e. The molecule has 0 bridgehead atoms. The molecule has 1 aliphatic rings. The average Bonchev–Trinajstić information content (AvgIpc) is 2.86. The van der Waals surface area contributed by atoms with Crippen LogP contribution in [0.3, 0.4) is 0 Å². The predicted molar refractivity (Wildman–Crippen MR) is 67.2 cm³/mol. The fraction of sp³-hybridized carbons (Fsp3) is 0.833. The maximum absolute atomic E-state index is 5.99. The van der Waals surface area contributed by atoms with Gasteiger partial charge in [0.25, 0.3) is 0 Å². The predicted octanol–water partition coefficient (Wildman–Crippen LogP) is 0.913. The number of hydrogen-bond donors (Lipinski definition) is 1. The lowest BCUT2D eigenvalue weighted by molar-refractivity contribution is -0.0264. The molecule has 1 saturated heterocycles. The average molecular weight is 254 g/mol. The van der Waals surface area contributed by atoms with Gasteiger partial charge in [0.05, 0.1) is 12.5 Å². The van der Waals surface area contributed by atoms with Gasteiger partial charge in [-0.25, -0.2) is 0 Å². The van der Waals surface area contributed by atoms with Gasteiger partial charge in [-0.2, -0.15) is 4.98 Å². The Morgan fingerprint density at radius 2 is 2.33 bits per heavy atom. The first-order chi connectivity index (χ1) is 8.61. The summed E-state index contributed by atoms with van der Waals surface area (Å²) in [6.45, 7) is 6.51. The van der Waals surface area contributed by atoms with Gasteiger partial charge in [0.15, 0.2) is 0 Å². The molecule has 1 aliphatic heterocycles. The molecule has 0 spiro atoms. The Kier molecular flexibility index (Phi) is 4.31. The molecular weight excluding hydrogens is 232 g/mol. The van der Waals surface area contributed by atoms with E-state index in [-0.39, 0.29) is 18.1 Å². The van der Waals surface area contributed by atoms with E-state index in [0.717, 1.165) is 19.5 Å². The third kappa shape index (κ3) is 2.88. The SMILES string of the molecule is CCC(N)C(C)c1nc(C2CN(C)CCO2)no1. The largest absolute Gasteiger partial charge is 0.367 e. The fourth-order valence-corrected chi connectivity index (χ4v) is 2.03. The summed E-state index contributed by atoms with van der Waals surface area (Å²) in [6, 6.07) is 0.0493. The van der Waals surface area contributed by atoms with Crippen LogP contribution in [0, 0.1) is 0 Å². The van der Waals surface area contributed by atoms with Crippen LogP contribution in [0.25, 0.3) is 0 Å². The lowest BCUT2D eigenvalue weighted by atomic mass is 10.0. The summed E-state index contributed by atoms with van der Waals surface area (Å²) in [5.74, 6) is 1.32. The topological polar surface area (TPSA) is 77.4 Å². The number of aromatic nitrogens is 2. The van der Waals surface area contributed by atoms with Crippen LogP contribution in [-0.4, -0.2) is 47.8 Å². The van der Waals surface area contributed by atoms with Crippen LogP contribution in [0.5, 0.6) is 0 Å². The highest BCUT2D eigenvalue weighted by atomic mass is 16.5. The van der Waals surface area contributed by atoms with Crippen LogP contribution >= 0.6 is 0 Å². The van der Waals surface area contributed by atoms with Crippen molar-refractivity contribution in [2.75, 3.05) is 26.7 Å². The molecule has 1 aromatic rings. The zero-order valence-electron chi connectivity index (χ0n) is 11.3. The Balaban J connectivity index is 2.05. The van der Waals surface area contributed by atoms with Crippen molar-refractivity contribution < 1.29 is 9.26 Å². The summed E-state index contributed by atoms with van der Waals surface area (Å²) in [7, 11) is 2.06. The van der Waals surface area contributed by atoms with Crippen LogP contribution in [-0.2, 0) is 4.74 Å². The number of hydrogen-bond acceptors (Lipinski definition) is 6. The zero-order valence-corrected chi connectivity index (χ0v) is 11.3. The van der Waals surface area contributed by atoms with E-state index in [4.69, 9.17) is 15.0 Å². The smallest absolute Gasteiger partial charge is 0.231 e. The number of likely N-dealkylation sites (N-methyl/N-ethyl adjacent to an activating group) is 1. The van der Waals surface area contributed by atoms with E-state index in [0.29, 0.717) is 18.3 Å². The first-order valence-corrected chi connectivity index (χ1v) is 6.51. The van der Waals surface area contributed by atoms with Gasteiger partial charge in [-0.3, -0.25) is 0 Å². The van der Waals surface area contributed by atoms with Gasteiger partial charge in [-0.1, -0.05) is 19.0 Å². The van der Waals surface area contributed by atoms with Gasteiger partial charge in [0.2, 0.25) is 11.7 Å². The Hall–Kier alpha value is -0.980. The lowest BCUT2D eigenvalue weighted by Crippen LogP contribution is -2.35. The van der Waals surface area contributed by atoms with Crippen molar-refractivity contribution in [3.8, 4) is 0 Å². The van der Waals surface area contributed by atoms with E-state index in [1.165, 1.54) is 0 Å². The minimum absolute atomic E-state index is 0.0493. The highest BCUT2D eigenvalue weighted by molar-refractivity contribution is 4.99. The molecular formula is C12H22N4O2. The molecule has 6 heteroatoms. The molecule has 0 aliphatic carbocycles. The highest BCUT2D eigenvalue weighted by Crippen LogP contribution is 2.23. The molecule has 3 atom stereocenters. The molecule has 0 radical (unpaired) electrons. The number of rotatable bonds is 4. The van der Waals surface area contributed by atoms with Crippen molar-refractivity contribution in [2.45, 2.75) is 38.3 Å². The van der Waals surface area contributed by atoms with Gasteiger partial charge in [-0.15, -0.1) is 0 Å². The summed E-state index contributed by atoms with van der Waals surface area (Å²) >= 11 is 0. The van der Waals surface area contributed by atoms with E-state index in [1.807, 2.05) is 6.92 Å². The van der Waals surface area contributed by atoms with Gasteiger partial charge in [-0.05, 0) is 13.5 Å². The normalized spacial score (nSPS) is 25.0. The zero-order chi connectivity index (χ0) is 13.1. The van der Waals surface area contributed by atoms with Crippen molar-refractivity contribution in [1.29, 1.82) is 0 Å². The van der Waals surface area contributed by atoms with Crippen molar-refractivity contribution in [3.63, 3.8) is 0 Å². The third-order valence-electron chi connectivity index (χ3n) is 3.52. The molecule has 6 nitrogen and oxygen atoms in total. The molecule has 2 rings (SSSR count). The molecule has 3 unspecified atom stereocenters. The van der Waals surface area contributed by atoms with Gasteiger partial charge in [0, 0.05) is 19.1 Å². The van der Waals surface area contributed by atoms with Gasteiger partial charge >= 0.3 is 0 Å². The molecule has 1 aromatic heterocycles. The second-order valence-electron chi connectivity index (χ2n) is 4.97. The molecule has 102 valence electrons. The van der Waals surface area contributed by atoms with E-state index in [9.17, 15) is 0 Å². The first-order valence-electron chi connectivity index (χ1n) is 6.51. The minimum atomic E-state index is -0.0914. The monoisotopic (exact) mass is 254 g/mol. The maximum Gasteiger partial charge on any atom is 0.231 e. The second kappa shape index (κ2) is 5.77. The van der Waals surface area contributed by atoms with Crippen molar-refractivity contribution in [3.05, 3.63) is 11.7 Å². The molecule has 2 N–H and O–H groups in total. The lowest BCUT2D eigenvalue weighted by Gasteiger charge is -2.27. The molecule has 18 heavy (non-hydrogen) atoms. The summed E-state index contributed by atoms with van der Waals surface area (Å²) in [5.41, 5.74) is 5.99. The van der Waals surface area contributed by atoms with Crippen LogP contribution < -0.4 is 5.73 Å². The fourth-order valence-electron chi connectivity index (χ4n) is 2.03. The molecule has 1 fully saturated rings. The van der Waals surface area contributed by atoms with Crippen LogP contribution in [0.4, 0.5) is 0 Å². The summed E-state index contributed by atoms with van der Waals surface area (Å²) in [4.78, 5) is 6.63. The molecule has 0 amide bonds. The Labute approximate surface area is 107 Å². The Morgan fingerprint density at radius 3 is 3.00 bits per heavy atom. The highest BCUT2D eigenvalue weighted by Gasteiger charge is 2.26. The number of nitrogens with zero attached hydrogens (tertiary/aromatic N) is 3. The van der Waals surface area contributed by atoms with Crippen LogP contribution in [0.15, 0.2) is 4.52 Å². The molecule has 2 heterocycles. The molecule has 0 aromatic carbocycles. The summed E-state index contributed by atoms with van der Waals surface area (Å²) in [6.07, 6.45) is 0.799. The standard InChI is InChI=1S/C12H22N4O2/c1-4-9(13)8(2)12-14-11(15-18-12)10-7-16(3)5-6-17-10/h8-10H,4-7,13H2,1-3H3. The Bertz CT molecular complexity index is 382. The van der Waals surface area contributed by atoms with Gasteiger partial charge < -0.3 is 19.9 Å². The van der Waals surface area contributed by atoms with E-state index in [1.54, 1.807) is 0 Å². The van der Waals surface area contributed by atoms with Crippen LogP contribution in [0.2, 0.25) is 0 Å².